The Balaban J connectivity index is 1.01. The minimum absolute atomic E-state index is 0.871. The number of furan rings is 1. The van der Waals surface area contributed by atoms with E-state index in [9.17, 15) is 0 Å². The molecule has 0 aliphatic rings. The molecular formula is C52H33NOS. The van der Waals surface area contributed by atoms with Crippen molar-refractivity contribution >= 4 is 81.3 Å². The lowest BCUT2D eigenvalue weighted by atomic mass is 9.98. The van der Waals surface area contributed by atoms with Gasteiger partial charge in [-0.2, -0.15) is 0 Å². The van der Waals surface area contributed by atoms with Crippen molar-refractivity contribution in [1.29, 1.82) is 0 Å². The Kier molecular flexibility index (Phi) is 7.39. The molecule has 0 aliphatic heterocycles. The third-order valence-electron chi connectivity index (χ3n) is 10.9. The van der Waals surface area contributed by atoms with Crippen molar-refractivity contribution < 1.29 is 4.42 Å². The molecular weight excluding hydrogens is 687 g/mol. The van der Waals surface area contributed by atoms with E-state index in [1.165, 1.54) is 64.3 Å². The quantitative estimate of drug-likeness (QED) is 0.170. The molecule has 0 amide bonds. The van der Waals surface area contributed by atoms with Crippen LogP contribution in [0.3, 0.4) is 0 Å². The predicted molar refractivity (Wildman–Crippen MR) is 235 cm³/mol. The number of benzene rings is 9. The fraction of sp³-hybridized carbons (Fsp3) is 0. The largest absolute Gasteiger partial charge is 0.456 e. The maximum absolute atomic E-state index is 6.42. The van der Waals surface area contributed by atoms with E-state index in [1.807, 2.05) is 23.5 Å². The van der Waals surface area contributed by atoms with Gasteiger partial charge in [-0.3, -0.25) is 0 Å². The summed E-state index contributed by atoms with van der Waals surface area (Å²) in [5, 5.41) is 7.37. The summed E-state index contributed by atoms with van der Waals surface area (Å²) in [6, 6.07) is 72.3. The molecule has 0 saturated heterocycles. The number of thiophene rings is 1. The van der Waals surface area contributed by atoms with Gasteiger partial charge >= 0.3 is 0 Å². The van der Waals surface area contributed by atoms with Crippen molar-refractivity contribution in [2.75, 3.05) is 4.90 Å². The number of hydrogen-bond acceptors (Lipinski definition) is 3. The van der Waals surface area contributed by atoms with Crippen LogP contribution in [0.4, 0.5) is 17.1 Å². The lowest BCUT2D eigenvalue weighted by Gasteiger charge is -2.28. The summed E-state index contributed by atoms with van der Waals surface area (Å²) in [5.41, 5.74) is 12.1. The first-order chi connectivity index (χ1) is 27.2. The fourth-order valence-corrected chi connectivity index (χ4v) is 9.26. The number of hydrogen-bond donors (Lipinski definition) is 0. The Hall–Kier alpha value is -6.94. The number of fused-ring (bicyclic) bond motifs is 7. The molecule has 2 aromatic heterocycles. The molecule has 11 rings (SSSR count). The van der Waals surface area contributed by atoms with Crippen LogP contribution in [0.2, 0.25) is 0 Å². The third-order valence-corrected chi connectivity index (χ3v) is 12.0. The minimum atomic E-state index is 0.871. The minimum Gasteiger partial charge on any atom is -0.456 e. The van der Waals surface area contributed by atoms with Gasteiger partial charge in [0.2, 0.25) is 0 Å². The topological polar surface area (TPSA) is 16.4 Å². The molecule has 2 nitrogen and oxygen atoms in total. The SMILES string of the molecule is c1ccc(N(c2ccc(-c3ccc(-c4ccc5ccccc5c4)cc3)cc2)c2ccc3c(c2)oc2ccccc23)c(-c2ccc3c(c2)sc2ccccc23)c1. The van der Waals surface area contributed by atoms with Crippen LogP contribution in [0.1, 0.15) is 0 Å². The molecule has 0 bridgehead atoms. The van der Waals surface area contributed by atoms with Gasteiger partial charge < -0.3 is 9.32 Å². The molecule has 0 unspecified atom stereocenters. The Morgan fingerprint density at radius 2 is 0.927 bits per heavy atom. The molecule has 0 saturated carbocycles. The highest BCUT2D eigenvalue weighted by Gasteiger charge is 2.20. The molecule has 0 fully saturated rings. The molecule has 0 atom stereocenters. The lowest BCUT2D eigenvalue weighted by Crippen LogP contribution is -2.11. The number of para-hydroxylation sites is 2. The summed E-state index contributed by atoms with van der Waals surface area (Å²) >= 11 is 1.85. The van der Waals surface area contributed by atoms with Crippen molar-refractivity contribution in [2.24, 2.45) is 0 Å². The van der Waals surface area contributed by atoms with Crippen LogP contribution < -0.4 is 4.90 Å². The first-order valence-electron chi connectivity index (χ1n) is 18.7. The van der Waals surface area contributed by atoms with Crippen LogP contribution in [0.15, 0.2) is 205 Å². The normalized spacial score (nSPS) is 11.6. The predicted octanol–water partition coefficient (Wildman–Crippen LogP) is 15.6. The maximum atomic E-state index is 6.42. The van der Waals surface area contributed by atoms with Crippen molar-refractivity contribution in [3.8, 4) is 33.4 Å². The van der Waals surface area contributed by atoms with Gasteiger partial charge in [0.05, 0.1) is 5.69 Å². The van der Waals surface area contributed by atoms with Crippen LogP contribution in [0.25, 0.3) is 86.3 Å². The Morgan fingerprint density at radius 1 is 0.345 bits per heavy atom. The maximum Gasteiger partial charge on any atom is 0.137 e. The molecule has 55 heavy (non-hydrogen) atoms. The number of nitrogens with zero attached hydrogens (tertiary/aromatic N) is 1. The van der Waals surface area contributed by atoms with Crippen LogP contribution in [-0.4, -0.2) is 0 Å². The summed E-state index contributed by atoms with van der Waals surface area (Å²) < 4.78 is 9.02. The summed E-state index contributed by atoms with van der Waals surface area (Å²) in [6.07, 6.45) is 0. The molecule has 9 aromatic carbocycles. The van der Waals surface area contributed by atoms with Gasteiger partial charge in [0, 0.05) is 53.9 Å². The summed E-state index contributed by atoms with van der Waals surface area (Å²) in [7, 11) is 0. The molecule has 11 aromatic rings. The van der Waals surface area contributed by atoms with Crippen molar-refractivity contribution in [1.82, 2.24) is 0 Å². The van der Waals surface area contributed by atoms with Gasteiger partial charge in [-0.15, -0.1) is 11.3 Å². The van der Waals surface area contributed by atoms with E-state index in [-0.39, 0.29) is 0 Å². The second-order valence-electron chi connectivity index (χ2n) is 14.1. The van der Waals surface area contributed by atoms with Crippen LogP contribution >= 0.6 is 11.3 Å². The monoisotopic (exact) mass is 719 g/mol. The molecule has 3 heteroatoms. The van der Waals surface area contributed by atoms with E-state index in [2.05, 4.69) is 193 Å². The zero-order valence-corrected chi connectivity index (χ0v) is 30.6. The first kappa shape index (κ1) is 31.6. The molecule has 0 N–H and O–H groups in total. The van der Waals surface area contributed by atoms with Gasteiger partial charge in [-0.05, 0) is 93.2 Å². The second-order valence-corrected chi connectivity index (χ2v) is 15.2. The van der Waals surface area contributed by atoms with Crippen LogP contribution in [0, 0.1) is 0 Å². The summed E-state index contributed by atoms with van der Waals surface area (Å²) in [6.45, 7) is 0. The molecule has 258 valence electrons. The Morgan fingerprint density at radius 3 is 1.78 bits per heavy atom. The zero-order valence-electron chi connectivity index (χ0n) is 29.8. The van der Waals surface area contributed by atoms with Crippen molar-refractivity contribution in [3.63, 3.8) is 0 Å². The van der Waals surface area contributed by atoms with E-state index in [0.29, 0.717) is 0 Å². The van der Waals surface area contributed by atoms with E-state index in [1.54, 1.807) is 0 Å². The fourth-order valence-electron chi connectivity index (χ4n) is 8.11. The van der Waals surface area contributed by atoms with E-state index < -0.39 is 0 Å². The average Bonchev–Trinajstić information content (AvgIpc) is 3.82. The van der Waals surface area contributed by atoms with Crippen LogP contribution in [-0.2, 0) is 0 Å². The Bertz CT molecular complexity index is 3210. The highest BCUT2D eigenvalue weighted by atomic mass is 32.1. The number of anilines is 3. The molecule has 2 heterocycles. The lowest BCUT2D eigenvalue weighted by molar-refractivity contribution is 0.669. The smallest absolute Gasteiger partial charge is 0.137 e. The summed E-state index contributed by atoms with van der Waals surface area (Å²) in [5.74, 6) is 0. The average molecular weight is 720 g/mol. The molecule has 0 spiro atoms. The second kappa shape index (κ2) is 12.9. The number of rotatable bonds is 6. The van der Waals surface area contributed by atoms with Gasteiger partial charge in [0.1, 0.15) is 11.2 Å². The van der Waals surface area contributed by atoms with Gasteiger partial charge in [-0.25, -0.2) is 0 Å². The molecule has 0 aliphatic carbocycles. The summed E-state index contributed by atoms with van der Waals surface area (Å²) in [4.78, 5) is 2.36. The molecule has 0 radical (unpaired) electrons. The van der Waals surface area contributed by atoms with Gasteiger partial charge in [-0.1, -0.05) is 140 Å². The van der Waals surface area contributed by atoms with Gasteiger partial charge in [0.15, 0.2) is 0 Å². The van der Waals surface area contributed by atoms with Crippen LogP contribution in [0.5, 0.6) is 0 Å². The van der Waals surface area contributed by atoms with Gasteiger partial charge in [0.25, 0.3) is 0 Å². The highest BCUT2D eigenvalue weighted by molar-refractivity contribution is 7.25. The Labute approximate surface area is 322 Å². The standard InChI is InChI=1S/C52H33NOS/c1-2-10-38-31-39(22-21-34(38)9-1)37-19-17-35(18-20-37)36-23-26-41(27-24-36)53(42-28-30-45-44-12-4-7-15-49(44)54-50(45)33-42)48-14-6-3-11-43(48)40-25-29-47-46-13-5-8-16-51(46)55-52(47)32-40/h1-33H. The van der Waals surface area contributed by atoms with Crippen molar-refractivity contribution in [3.05, 3.63) is 200 Å². The first-order valence-corrected chi connectivity index (χ1v) is 19.5. The highest BCUT2D eigenvalue weighted by Crippen LogP contribution is 2.44. The van der Waals surface area contributed by atoms with Crippen molar-refractivity contribution in [2.45, 2.75) is 0 Å². The van der Waals surface area contributed by atoms with E-state index in [0.717, 1.165) is 39.0 Å². The zero-order chi connectivity index (χ0) is 36.3. The van der Waals surface area contributed by atoms with E-state index in [4.69, 9.17) is 4.42 Å². The van der Waals surface area contributed by atoms with E-state index >= 15 is 0 Å². The third kappa shape index (κ3) is 5.48.